The monoisotopic (exact) mass is 253 g/mol. The average molecular weight is 253 g/mol. The van der Waals surface area contributed by atoms with Crippen molar-refractivity contribution in [3.05, 3.63) is 60.0 Å². The van der Waals surface area contributed by atoms with Crippen molar-refractivity contribution in [1.29, 1.82) is 0 Å². The lowest BCUT2D eigenvalue weighted by atomic mass is 10.2. The second-order valence-electron chi connectivity index (χ2n) is 4.12. The van der Waals surface area contributed by atoms with Crippen LogP contribution in [0.15, 0.2) is 52.9 Å². The number of nitrogens with zero attached hydrogens (tertiary/aromatic N) is 1. The van der Waals surface area contributed by atoms with E-state index in [-0.39, 0.29) is 5.97 Å². The van der Waals surface area contributed by atoms with Crippen LogP contribution in [0.1, 0.15) is 16.2 Å². The molecule has 0 saturated carbocycles. The fourth-order valence-corrected chi connectivity index (χ4v) is 1.83. The SMILES string of the molecule is Cc1nc2cc(OC(=O)c3ccccc3)ccc2o1. The van der Waals surface area contributed by atoms with E-state index in [4.69, 9.17) is 9.15 Å². The van der Waals surface area contributed by atoms with Crippen molar-refractivity contribution >= 4 is 17.1 Å². The molecule has 4 heteroatoms. The number of aromatic nitrogens is 1. The summed E-state index contributed by atoms with van der Waals surface area (Å²) in [5, 5.41) is 0. The van der Waals surface area contributed by atoms with Crippen LogP contribution in [-0.4, -0.2) is 11.0 Å². The van der Waals surface area contributed by atoms with E-state index < -0.39 is 0 Å². The van der Waals surface area contributed by atoms with Gasteiger partial charge in [-0.05, 0) is 24.3 Å². The molecule has 0 fully saturated rings. The van der Waals surface area contributed by atoms with Gasteiger partial charge in [-0.2, -0.15) is 0 Å². The molecule has 19 heavy (non-hydrogen) atoms. The zero-order valence-electron chi connectivity index (χ0n) is 10.3. The Balaban J connectivity index is 1.87. The van der Waals surface area contributed by atoms with E-state index in [1.807, 2.05) is 6.07 Å². The van der Waals surface area contributed by atoms with Crippen LogP contribution in [0, 0.1) is 6.92 Å². The fraction of sp³-hybridized carbons (Fsp3) is 0.0667. The number of benzene rings is 2. The summed E-state index contributed by atoms with van der Waals surface area (Å²) in [6, 6.07) is 14.0. The Hall–Kier alpha value is -2.62. The van der Waals surface area contributed by atoms with E-state index in [0.717, 1.165) is 0 Å². The molecule has 1 heterocycles. The zero-order chi connectivity index (χ0) is 13.2. The van der Waals surface area contributed by atoms with Gasteiger partial charge in [0.15, 0.2) is 11.5 Å². The number of oxazole rings is 1. The van der Waals surface area contributed by atoms with E-state index in [0.29, 0.717) is 28.3 Å². The molecule has 0 aliphatic carbocycles. The molecule has 0 spiro atoms. The first-order chi connectivity index (χ1) is 9.22. The molecule has 0 unspecified atom stereocenters. The largest absolute Gasteiger partial charge is 0.441 e. The minimum absolute atomic E-state index is 0.389. The minimum Gasteiger partial charge on any atom is -0.441 e. The Morgan fingerprint density at radius 1 is 1.16 bits per heavy atom. The molecule has 0 aliphatic rings. The van der Waals surface area contributed by atoms with Gasteiger partial charge in [0.25, 0.3) is 0 Å². The molecule has 0 N–H and O–H groups in total. The second kappa shape index (κ2) is 4.57. The van der Waals surface area contributed by atoms with Crippen LogP contribution < -0.4 is 4.74 Å². The molecular formula is C15H11NO3. The van der Waals surface area contributed by atoms with Crippen LogP contribution in [0.4, 0.5) is 0 Å². The maximum atomic E-state index is 11.9. The Kier molecular flexibility index (Phi) is 2.76. The number of hydrogen-bond acceptors (Lipinski definition) is 4. The van der Waals surface area contributed by atoms with Gasteiger partial charge in [-0.3, -0.25) is 0 Å². The van der Waals surface area contributed by atoms with Crippen molar-refractivity contribution in [1.82, 2.24) is 4.98 Å². The van der Waals surface area contributed by atoms with Crippen LogP contribution in [-0.2, 0) is 0 Å². The van der Waals surface area contributed by atoms with Gasteiger partial charge in [0.1, 0.15) is 11.3 Å². The van der Waals surface area contributed by atoms with E-state index in [9.17, 15) is 4.79 Å². The molecular weight excluding hydrogens is 242 g/mol. The first kappa shape index (κ1) is 11.5. The van der Waals surface area contributed by atoms with Gasteiger partial charge in [-0.15, -0.1) is 0 Å². The van der Waals surface area contributed by atoms with Crippen LogP contribution in [0.2, 0.25) is 0 Å². The van der Waals surface area contributed by atoms with Crippen molar-refractivity contribution in [3.8, 4) is 5.75 Å². The first-order valence-electron chi connectivity index (χ1n) is 5.87. The highest BCUT2D eigenvalue weighted by molar-refractivity contribution is 5.91. The Bertz CT molecular complexity index is 731. The number of hydrogen-bond donors (Lipinski definition) is 0. The number of aryl methyl sites for hydroxylation is 1. The quantitative estimate of drug-likeness (QED) is 0.519. The summed E-state index contributed by atoms with van der Waals surface area (Å²) in [5.41, 5.74) is 1.87. The van der Waals surface area contributed by atoms with Crippen LogP contribution in [0.3, 0.4) is 0 Å². The molecule has 94 valence electrons. The Morgan fingerprint density at radius 3 is 2.74 bits per heavy atom. The van der Waals surface area contributed by atoms with E-state index in [1.54, 1.807) is 49.4 Å². The minimum atomic E-state index is -0.389. The van der Waals surface area contributed by atoms with Gasteiger partial charge >= 0.3 is 5.97 Å². The van der Waals surface area contributed by atoms with Crippen molar-refractivity contribution in [3.63, 3.8) is 0 Å². The maximum absolute atomic E-state index is 11.9. The highest BCUT2D eigenvalue weighted by Gasteiger charge is 2.09. The predicted molar refractivity (Wildman–Crippen MR) is 70.1 cm³/mol. The van der Waals surface area contributed by atoms with Gasteiger partial charge in [0, 0.05) is 13.0 Å². The first-order valence-corrected chi connectivity index (χ1v) is 5.87. The van der Waals surface area contributed by atoms with Gasteiger partial charge in [-0.25, -0.2) is 9.78 Å². The molecule has 0 amide bonds. The van der Waals surface area contributed by atoms with Crippen molar-refractivity contribution in [2.45, 2.75) is 6.92 Å². The Labute approximate surface area is 109 Å². The lowest BCUT2D eigenvalue weighted by molar-refractivity contribution is 0.0735. The zero-order valence-corrected chi connectivity index (χ0v) is 10.3. The third kappa shape index (κ3) is 2.33. The summed E-state index contributed by atoms with van der Waals surface area (Å²) >= 11 is 0. The van der Waals surface area contributed by atoms with E-state index in [2.05, 4.69) is 4.98 Å². The molecule has 0 radical (unpaired) electrons. The number of carbonyl (C=O) groups is 1. The number of rotatable bonds is 2. The molecule has 0 atom stereocenters. The van der Waals surface area contributed by atoms with Gasteiger partial charge in [-0.1, -0.05) is 18.2 Å². The average Bonchev–Trinajstić information content (AvgIpc) is 2.79. The summed E-state index contributed by atoms with van der Waals surface area (Å²) in [4.78, 5) is 16.1. The standard InChI is InChI=1S/C15H11NO3/c1-10-16-13-9-12(7-8-14(13)18-10)19-15(17)11-5-3-2-4-6-11/h2-9H,1H3. The highest BCUT2D eigenvalue weighted by atomic mass is 16.5. The maximum Gasteiger partial charge on any atom is 0.343 e. The summed E-state index contributed by atoms with van der Waals surface area (Å²) in [7, 11) is 0. The fourth-order valence-electron chi connectivity index (χ4n) is 1.83. The number of esters is 1. The third-order valence-electron chi connectivity index (χ3n) is 2.69. The molecule has 0 saturated heterocycles. The van der Waals surface area contributed by atoms with Crippen LogP contribution in [0.25, 0.3) is 11.1 Å². The van der Waals surface area contributed by atoms with Gasteiger partial charge in [0.05, 0.1) is 5.56 Å². The molecule has 1 aromatic heterocycles. The van der Waals surface area contributed by atoms with E-state index >= 15 is 0 Å². The molecule has 2 aromatic carbocycles. The lowest BCUT2D eigenvalue weighted by Crippen LogP contribution is -2.07. The van der Waals surface area contributed by atoms with Crippen molar-refractivity contribution < 1.29 is 13.9 Å². The van der Waals surface area contributed by atoms with Crippen LogP contribution in [0.5, 0.6) is 5.75 Å². The third-order valence-corrected chi connectivity index (χ3v) is 2.69. The smallest absolute Gasteiger partial charge is 0.343 e. The molecule has 0 bridgehead atoms. The van der Waals surface area contributed by atoms with Crippen LogP contribution >= 0.6 is 0 Å². The van der Waals surface area contributed by atoms with Crippen molar-refractivity contribution in [2.75, 3.05) is 0 Å². The summed E-state index contributed by atoms with van der Waals surface area (Å²) in [6.45, 7) is 1.77. The predicted octanol–water partition coefficient (Wildman–Crippen LogP) is 3.36. The molecule has 0 aliphatic heterocycles. The van der Waals surface area contributed by atoms with Gasteiger partial charge in [0.2, 0.25) is 0 Å². The van der Waals surface area contributed by atoms with Gasteiger partial charge < -0.3 is 9.15 Å². The lowest BCUT2D eigenvalue weighted by Gasteiger charge is -2.03. The second-order valence-corrected chi connectivity index (χ2v) is 4.12. The topological polar surface area (TPSA) is 52.3 Å². The molecule has 3 rings (SSSR count). The molecule has 3 aromatic rings. The number of carbonyl (C=O) groups excluding carboxylic acids is 1. The van der Waals surface area contributed by atoms with E-state index in [1.165, 1.54) is 0 Å². The summed E-state index contributed by atoms with van der Waals surface area (Å²) in [6.07, 6.45) is 0. The number of ether oxygens (including phenoxy) is 1. The summed E-state index contributed by atoms with van der Waals surface area (Å²) < 4.78 is 10.7. The molecule has 4 nitrogen and oxygen atoms in total. The summed E-state index contributed by atoms with van der Waals surface area (Å²) in [5.74, 6) is 0.649. The highest BCUT2D eigenvalue weighted by Crippen LogP contribution is 2.21. The number of fused-ring (bicyclic) bond motifs is 1. The Morgan fingerprint density at radius 2 is 1.95 bits per heavy atom. The van der Waals surface area contributed by atoms with Crippen molar-refractivity contribution in [2.24, 2.45) is 0 Å². The normalized spacial score (nSPS) is 10.6.